The average molecular weight is 336 g/mol. The fourth-order valence-electron chi connectivity index (χ4n) is 2.83. The van der Waals surface area contributed by atoms with Crippen LogP contribution in [0.3, 0.4) is 0 Å². The molecule has 7 nitrogen and oxygen atoms in total. The smallest absolute Gasteiger partial charge is 0.268 e. The zero-order valence-electron chi connectivity index (χ0n) is 13.0. The van der Waals surface area contributed by atoms with Gasteiger partial charge in [0.05, 0.1) is 23.0 Å². The summed E-state index contributed by atoms with van der Waals surface area (Å²) in [6, 6.07) is 3.85. The van der Waals surface area contributed by atoms with E-state index in [0.29, 0.717) is 11.9 Å². The number of amides is 1. The van der Waals surface area contributed by atoms with Gasteiger partial charge in [0.15, 0.2) is 0 Å². The number of hydrogen-bond donors (Lipinski definition) is 1. The monoisotopic (exact) mass is 336 g/mol. The lowest BCUT2D eigenvalue weighted by Crippen LogP contribution is -2.32. The van der Waals surface area contributed by atoms with E-state index >= 15 is 0 Å². The number of rotatable bonds is 5. The maximum absolute atomic E-state index is 12.3. The molecule has 8 heteroatoms. The Morgan fingerprint density at radius 3 is 2.78 bits per heavy atom. The van der Waals surface area contributed by atoms with E-state index in [-0.39, 0.29) is 11.3 Å². The number of nitrogens with one attached hydrogen (secondary N) is 1. The number of pyridine rings is 1. The topological polar surface area (TPSA) is 83.8 Å². The summed E-state index contributed by atoms with van der Waals surface area (Å²) in [4.78, 5) is 14.5. The molecule has 1 fully saturated rings. The van der Waals surface area contributed by atoms with Crippen molar-refractivity contribution in [1.29, 1.82) is 0 Å². The summed E-state index contributed by atoms with van der Waals surface area (Å²) < 4.78 is 27.3. The molecule has 3 heterocycles. The van der Waals surface area contributed by atoms with E-state index in [2.05, 4.69) is 14.7 Å². The summed E-state index contributed by atoms with van der Waals surface area (Å²) >= 11 is 0. The summed E-state index contributed by atoms with van der Waals surface area (Å²) in [5.74, 6) is -0.705. The Kier molecular flexibility index (Phi) is 4.25. The van der Waals surface area contributed by atoms with Crippen molar-refractivity contribution in [2.45, 2.75) is 26.2 Å². The van der Waals surface area contributed by atoms with Crippen molar-refractivity contribution < 1.29 is 13.2 Å². The Hall–Kier alpha value is -2.09. The van der Waals surface area contributed by atoms with Crippen LogP contribution in [0, 0.1) is 0 Å². The van der Waals surface area contributed by atoms with Crippen molar-refractivity contribution in [2.75, 3.05) is 23.7 Å². The van der Waals surface area contributed by atoms with Gasteiger partial charge >= 0.3 is 0 Å². The number of carbonyl (C=O) groups excluding carboxylic acids is 1. The molecule has 2 aromatic heterocycles. The summed E-state index contributed by atoms with van der Waals surface area (Å²) in [6.07, 6.45) is 5.97. The Labute approximate surface area is 135 Å². The third-order valence-corrected chi connectivity index (χ3v) is 5.38. The minimum absolute atomic E-state index is 0.0724. The molecule has 0 aliphatic carbocycles. The van der Waals surface area contributed by atoms with E-state index in [1.54, 1.807) is 17.6 Å². The van der Waals surface area contributed by atoms with Gasteiger partial charge in [-0.3, -0.25) is 4.79 Å². The maximum Gasteiger partial charge on any atom is 0.268 e. The molecular formula is C15H20N4O3S. The highest BCUT2D eigenvalue weighted by Gasteiger charge is 2.20. The van der Waals surface area contributed by atoms with E-state index in [9.17, 15) is 13.2 Å². The van der Waals surface area contributed by atoms with Gasteiger partial charge in [-0.05, 0) is 31.4 Å². The van der Waals surface area contributed by atoms with Crippen molar-refractivity contribution in [1.82, 2.24) is 14.3 Å². The largest absolute Gasteiger partial charge is 0.371 e. The quantitative estimate of drug-likeness (QED) is 0.892. The number of sulfonamides is 1. The zero-order chi connectivity index (χ0) is 16.4. The molecule has 0 saturated carbocycles. The third kappa shape index (κ3) is 3.31. The lowest BCUT2D eigenvalue weighted by molar-refractivity contribution is 0.0983. The van der Waals surface area contributed by atoms with E-state index in [0.717, 1.165) is 31.6 Å². The van der Waals surface area contributed by atoms with Crippen LogP contribution < -0.4 is 9.62 Å². The Balaban J connectivity index is 1.91. The fraction of sp³-hybridized carbons (Fsp3) is 0.467. The molecular weight excluding hydrogens is 316 g/mol. The standard InChI is InChI=1S/C15H20N4O3S/c1-2-9-23(21,22)17-15(20)13-11-16-19-8-5-12(10-14(13)19)18-6-3-4-7-18/h5,8,10-11H,2-4,6-7,9H2,1H3,(H,17,20). The summed E-state index contributed by atoms with van der Waals surface area (Å²) in [5.41, 5.74) is 1.91. The van der Waals surface area contributed by atoms with Gasteiger partial charge in [-0.2, -0.15) is 5.10 Å². The number of aromatic nitrogens is 2. The Morgan fingerprint density at radius 1 is 1.35 bits per heavy atom. The van der Waals surface area contributed by atoms with Crippen molar-refractivity contribution in [3.63, 3.8) is 0 Å². The van der Waals surface area contributed by atoms with Gasteiger partial charge < -0.3 is 4.90 Å². The summed E-state index contributed by atoms with van der Waals surface area (Å²) in [6.45, 7) is 3.74. The minimum Gasteiger partial charge on any atom is -0.371 e. The molecule has 0 bridgehead atoms. The van der Waals surface area contributed by atoms with Crippen LogP contribution in [0.2, 0.25) is 0 Å². The van der Waals surface area contributed by atoms with Crippen LogP contribution in [-0.4, -0.2) is 42.8 Å². The van der Waals surface area contributed by atoms with Gasteiger partial charge in [-0.15, -0.1) is 0 Å². The maximum atomic E-state index is 12.3. The molecule has 0 radical (unpaired) electrons. The molecule has 0 spiro atoms. The molecule has 1 aliphatic heterocycles. The van der Waals surface area contributed by atoms with E-state index in [1.807, 2.05) is 12.1 Å². The normalized spacial score (nSPS) is 15.3. The van der Waals surface area contributed by atoms with E-state index in [4.69, 9.17) is 0 Å². The highest BCUT2D eigenvalue weighted by atomic mass is 32.2. The van der Waals surface area contributed by atoms with Gasteiger partial charge in [-0.1, -0.05) is 6.92 Å². The summed E-state index contributed by atoms with van der Waals surface area (Å²) in [5, 5.41) is 4.13. The zero-order valence-corrected chi connectivity index (χ0v) is 13.8. The molecule has 1 saturated heterocycles. The molecule has 23 heavy (non-hydrogen) atoms. The highest BCUT2D eigenvalue weighted by molar-refractivity contribution is 7.90. The van der Waals surface area contributed by atoms with Gasteiger partial charge in [0.2, 0.25) is 10.0 Å². The fourth-order valence-corrected chi connectivity index (χ4v) is 3.86. The van der Waals surface area contributed by atoms with Crippen LogP contribution in [-0.2, 0) is 10.0 Å². The van der Waals surface area contributed by atoms with Crippen LogP contribution in [0.4, 0.5) is 5.69 Å². The molecule has 124 valence electrons. The van der Waals surface area contributed by atoms with Gasteiger partial charge in [0, 0.05) is 25.0 Å². The van der Waals surface area contributed by atoms with Crippen LogP contribution >= 0.6 is 0 Å². The predicted molar refractivity (Wildman–Crippen MR) is 88.2 cm³/mol. The van der Waals surface area contributed by atoms with Gasteiger partial charge in [-0.25, -0.2) is 17.7 Å². The number of carbonyl (C=O) groups is 1. The van der Waals surface area contributed by atoms with Gasteiger partial charge in [0.25, 0.3) is 5.91 Å². The predicted octanol–water partition coefficient (Wildman–Crippen LogP) is 1.40. The lowest BCUT2D eigenvalue weighted by atomic mass is 10.2. The van der Waals surface area contributed by atoms with Gasteiger partial charge in [0.1, 0.15) is 0 Å². The number of nitrogens with zero attached hydrogens (tertiary/aromatic N) is 3. The first-order chi connectivity index (χ1) is 11.0. The molecule has 1 N–H and O–H groups in total. The van der Waals surface area contributed by atoms with Crippen molar-refractivity contribution >= 4 is 27.1 Å². The molecule has 0 unspecified atom stereocenters. The average Bonchev–Trinajstić information content (AvgIpc) is 3.15. The lowest BCUT2D eigenvalue weighted by Gasteiger charge is -2.17. The summed E-state index contributed by atoms with van der Waals surface area (Å²) in [7, 11) is -3.60. The molecule has 3 rings (SSSR count). The third-order valence-electron chi connectivity index (χ3n) is 3.94. The Bertz CT molecular complexity index is 822. The van der Waals surface area contributed by atoms with Crippen molar-refractivity contribution in [3.05, 3.63) is 30.1 Å². The van der Waals surface area contributed by atoms with Crippen LogP contribution in [0.25, 0.3) is 5.52 Å². The first-order valence-electron chi connectivity index (χ1n) is 7.77. The highest BCUT2D eigenvalue weighted by Crippen LogP contribution is 2.23. The second kappa shape index (κ2) is 6.19. The second-order valence-corrected chi connectivity index (χ2v) is 7.56. The number of hydrogen-bond acceptors (Lipinski definition) is 5. The van der Waals surface area contributed by atoms with Crippen LogP contribution in [0.15, 0.2) is 24.5 Å². The second-order valence-electron chi connectivity index (χ2n) is 5.72. The molecule has 2 aromatic rings. The first kappa shape index (κ1) is 15.8. The molecule has 1 amide bonds. The molecule has 1 aliphatic rings. The van der Waals surface area contributed by atoms with Crippen LogP contribution in [0.5, 0.6) is 0 Å². The van der Waals surface area contributed by atoms with E-state index in [1.165, 1.54) is 6.20 Å². The SMILES string of the molecule is CCCS(=O)(=O)NC(=O)c1cnn2ccc(N3CCCC3)cc12. The van der Waals surface area contributed by atoms with Crippen LogP contribution in [0.1, 0.15) is 36.5 Å². The van der Waals surface area contributed by atoms with Crippen molar-refractivity contribution in [3.8, 4) is 0 Å². The van der Waals surface area contributed by atoms with E-state index < -0.39 is 15.9 Å². The number of anilines is 1. The molecule has 0 atom stereocenters. The molecule has 0 aromatic carbocycles. The number of fused-ring (bicyclic) bond motifs is 1. The first-order valence-corrected chi connectivity index (χ1v) is 9.42. The van der Waals surface area contributed by atoms with Crippen molar-refractivity contribution in [2.24, 2.45) is 0 Å². The Morgan fingerprint density at radius 2 is 2.09 bits per heavy atom. The minimum atomic E-state index is -3.60.